The molecule has 0 aromatic rings. The SMILES string of the molecule is CCCO[P](=O)O. The average Bonchev–Trinajstić information content (AvgIpc) is 1.61. The van der Waals surface area contributed by atoms with E-state index in [4.69, 9.17) is 4.89 Å². The summed E-state index contributed by atoms with van der Waals surface area (Å²) in [6, 6.07) is 0. The van der Waals surface area contributed by atoms with E-state index in [1.54, 1.807) is 0 Å². The van der Waals surface area contributed by atoms with Crippen LogP contribution in [0.25, 0.3) is 0 Å². The molecule has 0 amide bonds. The van der Waals surface area contributed by atoms with Gasteiger partial charge in [-0.3, -0.25) is 9.42 Å². The molecule has 1 radical (unpaired) electrons. The molecule has 0 aromatic heterocycles. The Morgan fingerprint density at radius 3 is 2.57 bits per heavy atom. The molecule has 0 heterocycles. The van der Waals surface area contributed by atoms with Crippen LogP contribution in [0.5, 0.6) is 0 Å². The van der Waals surface area contributed by atoms with Crippen molar-refractivity contribution in [3.8, 4) is 0 Å². The van der Waals surface area contributed by atoms with Crippen molar-refractivity contribution in [2.24, 2.45) is 0 Å². The van der Waals surface area contributed by atoms with Crippen molar-refractivity contribution >= 4 is 8.25 Å². The van der Waals surface area contributed by atoms with Gasteiger partial charge in [0.1, 0.15) is 0 Å². The van der Waals surface area contributed by atoms with Crippen LogP contribution >= 0.6 is 8.25 Å². The largest absolute Gasteiger partial charge is 0.366 e. The van der Waals surface area contributed by atoms with Crippen molar-refractivity contribution in [1.29, 1.82) is 0 Å². The van der Waals surface area contributed by atoms with Gasteiger partial charge in [-0.2, -0.15) is 0 Å². The summed E-state index contributed by atoms with van der Waals surface area (Å²) in [7, 11) is -2.36. The predicted octanol–water partition coefficient (Wildman–Crippen LogP) is 1.06. The highest BCUT2D eigenvalue weighted by Gasteiger charge is 1.88. The normalized spacial score (nSPS) is 11.4. The Bertz CT molecular complexity index is 63.2. The lowest BCUT2D eigenvalue weighted by molar-refractivity contribution is 0.282. The fourth-order valence-electron chi connectivity index (χ4n) is 0.169. The zero-order valence-electron chi connectivity index (χ0n) is 4.13. The fourth-order valence-corrected chi connectivity index (χ4v) is 0.508. The first-order valence-corrected chi connectivity index (χ1v) is 3.19. The molecule has 1 unspecified atom stereocenters. The standard InChI is InChI=1S/C3H8O3P/c1-2-3-6-7(4)5/h2-3H2,1H3,(H,4,5). The molecule has 1 N–H and O–H groups in total. The van der Waals surface area contributed by atoms with Crippen LogP contribution < -0.4 is 0 Å². The van der Waals surface area contributed by atoms with Crippen LogP contribution in [0.1, 0.15) is 13.3 Å². The molecule has 0 bridgehead atoms. The number of rotatable bonds is 3. The van der Waals surface area contributed by atoms with E-state index in [1.807, 2.05) is 6.92 Å². The molecular weight excluding hydrogens is 115 g/mol. The molecule has 1 atom stereocenters. The first kappa shape index (κ1) is 7.02. The zero-order chi connectivity index (χ0) is 5.70. The third kappa shape index (κ3) is 6.02. The van der Waals surface area contributed by atoms with Crippen LogP contribution in [0.4, 0.5) is 0 Å². The summed E-state index contributed by atoms with van der Waals surface area (Å²) < 4.78 is 13.9. The Morgan fingerprint density at radius 1 is 1.86 bits per heavy atom. The molecule has 0 saturated heterocycles. The second-order valence-corrected chi connectivity index (χ2v) is 1.80. The van der Waals surface area contributed by atoms with Gasteiger partial charge in [0, 0.05) is 0 Å². The highest BCUT2D eigenvalue weighted by Crippen LogP contribution is 2.13. The third-order valence-corrected chi connectivity index (χ3v) is 0.809. The molecule has 0 spiro atoms. The lowest BCUT2D eigenvalue weighted by Crippen LogP contribution is -1.79. The summed E-state index contributed by atoms with van der Waals surface area (Å²) >= 11 is 0. The monoisotopic (exact) mass is 123 g/mol. The second kappa shape index (κ2) is 4.19. The molecule has 0 saturated carbocycles. The van der Waals surface area contributed by atoms with Gasteiger partial charge in [-0.05, 0) is 6.42 Å². The topological polar surface area (TPSA) is 46.5 Å². The van der Waals surface area contributed by atoms with Crippen molar-refractivity contribution < 1.29 is 14.0 Å². The molecule has 7 heavy (non-hydrogen) atoms. The van der Waals surface area contributed by atoms with Gasteiger partial charge in [0.05, 0.1) is 6.61 Å². The minimum absolute atomic E-state index is 0.367. The minimum Gasteiger partial charge on any atom is -0.298 e. The van der Waals surface area contributed by atoms with Crippen molar-refractivity contribution in [3.05, 3.63) is 0 Å². The Kier molecular flexibility index (Phi) is 4.20. The smallest absolute Gasteiger partial charge is 0.298 e. The van der Waals surface area contributed by atoms with E-state index in [9.17, 15) is 4.57 Å². The third-order valence-electron chi connectivity index (χ3n) is 0.406. The first-order valence-electron chi connectivity index (χ1n) is 2.06. The van der Waals surface area contributed by atoms with Crippen LogP contribution in [0.3, 0.4) is 0 Å². The molecule has 0 rings (SSSR count). The minimum atomic E-state index is -2.36. The summed E-state index contributed by atoms with van der Waals surface area (Å²) in [4.78, 5) is 7.97. The molecule has 0 aliphatic carbocycles. The summed E-state index contributed by atoms with van der Waals surface area (Å²) in [5.74, 6) is 0. The second-order valence-electron chi connectivity index (χ2n) is 1.07. The lowest BCUT2D eigenvalue weighted by atomic mass is 10.5. The van der Waals surface area contributed by atoms with Gasteiger partial charge in [0.25, 0.3) is 0 Å². The molecule has 0 fully saturated rings. The van der Waals surface area contributed by atoms with E-state index in [0.717, 1.165) is 6.42 Å². The predicted molar refractivity (Wildman–Crippen MR) is 26.1 cm³/mol. The van der Waals surface area contributed by atoms with E-state index in [1.165, 1.54) is 0 Å². The van der Waals surface area contributed by atoms with Crippen LogP contribution in [0.15, 0.2) is 0 Å². The Labute approximate surface area is 43.3 Å². The summed E-state index contributed by atoms with van der Waals surface area (Å²) in [5, 5.41) is 0. The maximum atomic E-state index is 9.68. The van der Waals surface area contributed by atoms with E-state index in [-0.39, 0.29) is 0 Å². The highest BCUT2D eigenvalue weighted by atomic mass is 31.1. The average molecular weight is 123 g/mol. The summed E-state index contributed by atoms with van der Waals surface area (Å²) in [5.41, 5.74) is 0. The fraction of sp³-hybridized carbons (Fsp3) is 1.00. The summed E-state index contributed by atoms with van der Waals surface area (Å²) in [6.07, 6.45) is 0.779. The van der Waals surface area contributed by atoms with Gasteiger partial charge < -0.3 is 0 Å². The van der Waals surface area contributed by atoms with E-state index < -0.39 is 8.25 Å². The molecule has 4 heteroatoms. The van der Waals surface area contributed by atoms with Crippen LogP contribution in [-0.2, 0) is 9.09 Å². The Morgan fingerprint density at radius 2 is 2.43 bits per heavy atom. The maximum absolute atomic E-state index is 9.68. The van der Waals surface area contributed by atoms with Gasteiger partial charge in [-0.25, -0.2) is 4.57 Å². The van der Waals surface area contributed by atoms with Crippen LogP contribution in [0.2, 0.25) is 0 Å². The van der Waals surface area contributed by atoms with Crippen molar-refractivity contribution in [2.45, 2.75) is 13.3 Å². The molecule has 3 nitrogen and oxygen atoms in total. The maximum Gasteiger partial charge on any atom is 0.366 e. The Balaban J connectivity index is 2.82. The molecule has 0 aliphatic heterocycles. The first-order chi connectivity index (χ1) is 3.27. The van der Waals surface area contributed by atoms with Gasteiger partial charge >= 0.3 is 8.25 Å². The van der Waals surface area contributed by atoms with E-state index in [0.29, 0.717) is 6.61 Å². The van der Waals surface area contributed by atoms with Gasteiger partial charge in [0.15, 0.2) is 0 Å². The zero-order valence-corrected chi connectivity index (χ0v) is 5.02. The Hall–Kier alpha value is 0.0200. The number of hydrogen-bond acceptors (Lipinski definition) is 2. The van der Waals surface area contributed by atoms with Gasteiger partial charge in [0.2, 0.25) is 0 Å². The summed E-state index contributed by atoms with van der Waals surface area (Å²) in [6.45, 7) is 2.24. The van der Waals surface area contributed by atoms with Crippen molar-refractivity contribution in [3.63, 3.8) is 0 Å². The van der Waals surface area contributed by atoms with E-state index >= 15 is 0 Å². The van der Waals surface area contributed by atoms with Crippen molar-refractivity contribution in [1.82, 2.24) is 0 Å². The number of hydrogen-bond donors (Lipinski definition) is 1. The van der Waals surface area contributed by atoms with E-state index in [2.05, 4.69) is 4.52 Å². The van der Waals surface area contributed by atoms with Gasteiger partial charge in [-0.15, -0.1) is 0 Å². The quantitative estimate of drug-likeness (QED) is 0.571. The van der Waals surface area contributed by atoms with Gasteiger partial charge in [-0.1, -0.05) is 6.92 Å². The van der Waals surface area contributed by atoms with Crippen LogP contribution in [0, 0.1) is 0 Å². The van der Waals surface area contributed by atoms with Crippen molar-refractivity contribution in [2.75, 3.05) is 6.61 Å². The van der Waals surface area contributed by atoms with Crippen LogP contribution in [-0.4, -0.2) is 11.5 Å². The highest BCUT2D eigenvalue weighted by molar-refractivity contribution is 7.32. The molecule has 0 aliphatic rings. The molecular formula is C3H8O3P. The molecule has 43 valence electrons. The lowest BCUT2D eigenvalue weighted by Gasteiger charge is -1.88. The molecule has 0 aromatic carbocycles.